The number of benzene rings is 1. The normalized spacial score (nSPS) is 11.2. The van der Waals surface area contributed by atoms with Gasteiger partial charge in [-0.15, -0.1) is 0 Å². The van der Waals surface area contributed by atoms with E-state index >= 15 is 0 Å². The van der Waals surface area contributed by atoms with Gasteiger partial charge in [0.05, 0.1) is 5.39 Å². The topological polar surface area (TPSA) is 113 Å². The van der Waals surface area contributed by atoms with Gasteiger partial charge in [-0.25, -0.2) is 9.97 Å². The van der Waals surface area contributed by atoms with Crippen molar-refractivity contribution >= 4 is 27.8 Å². The van der Waals surface area contributed by atoms with Crippen molar-refractivity contribution in [2.75, 3.05) is 6.54 Å². The molecule has 0 unspecified atom stereocenters. The van der Waals surface area contributed by atoms with Gasteiger partial charge in [0.25, 0.3) is 11.5 Å². The monoisotopic (exact) mass is 363 g/mol. The SMILES string of the molecule is CCNC(=O)c1c(O)c2cnc(-c3cccc4[nH]ccc34)nc2n(C)c1=O. The van der Waals surface area contributed by atoms with Crippen LogP contribution >= 0.6 is 0 Å². The van der Waals surface area contributed by atoms with E-state index in [1.807, 2.05) is 30.5 Å². The van der Waals surface area contributed by atoms with Gasteiger partial charge in [0, 0.05) is 42.5 Å². The van der Waals surface area contributed by atoms with Crippen molar-refractivity contribution in [3.63, 3.8) is 0 Å². The molecule has 8 nitrogen and oxygen atoms in total. The molecule has 0 bridgehead atoms. The van der Waals surface area contributed by atoms with E-state index in [4.69, 9.17) is 0 Å². The Labute approximate surface area is 153 Å². The van der Waals surface area contributed by atoms with E-state index in [2.05, 4.69) is 20.3 Å². The number of amides is 1. The van der Waals surface area contributed by atoms with Gasteiger partial charge in [-0.1, -0.05) is 12.1 Å². The Morgan fingerprint density at radius 2 is 2.11 bits per heavy atom. The number of H-pyrrole nitrogens is 1. The standard InChI is InChI=1S/C19H17N5O3/c1-3-20-18(26)14-15(25)12-9-22-16(23-17(12)24(2)19(14)27)11-5-4-6-13-10(11)7-8-21-13/h4-9,21,25H,3H2,1-2H3,(H,20,26). The second-order valence-electron chi connectivity index (χ2n) is 6.12. The molecule has 0 saturated heterocycles. The first-order chi connectivity index (χ1) is 13.0. The molecule has 3 heterocycles. The van der Waals surface area contributed by atoms with Crippen LogP contribution in [0.5, 0.6) is 5.75 Å². The highest BCUT2D eigenvalue weighted by Crippen LogP contribution is 2.29. The fourth-order valence-electron chi connectivity index (χ4n) is 3.16. The number of hydrogen-bond donors (Lipinski definition) is 3. The summed E-state index contributed by atoms with van der Waals surface area (Å²) in [5.41, 5.74) is 1.07. The largest absolute Gasteiger partial charge is 0.506 e. The quantitative estimate of drug-likeness (QED) is 0.515. The van der Waals surface area contributed by atoms with Crippen LogP contribution in [0.25, 0.3) is 33.3 Å². The van der Waals surface area contributed by atoms with Crippen LogP contribution in [0.1, 0.15) is 17.3 Å². The van der Waals surface area contributed by atoms with E-state index in [1.165, 1.54) is 17.8 Å². The van der Waals surface area contributed by atoms with Gasteiger partial charge in [0.2, 0.25) is 0 Å². The fraction of sp³-hybridized carbons (Fsp3) is 0.158. The number of aryl methyl sites for hydroxylation is 1. The number of nitrogens with zero attached hydrogens (tertiary/aromatic N) is 3. The molecule has 136 valence electrons. The number of carbonyl (C=O) groups is 1. The van der Waals surface area contributed by atoms with Crippen LogP contribution < -0.4 is 10.9 Å². The summed E-state index contributed by atoms with van der Waals surface area (Å²) < 4.78 is 1.25. The number of aromatic nitrogens is 4. The lowest BCUT2D eigenvalue weighted by molar-refractivity contribution is 0.0951. The second-order valence-corrected chi connectivity index (χ2v) is 6.12. The molecule has 3 aromatic heterocycles. The summed E-state index contributed by atoms with van der Waals surface area (Å²) in [5, 5.41) is 14.2. The molecule has 1 amide bonds. The third-order valence-corrected chi connectivity index (χ3v) is 4.50. The van der Waals surface area contributed by atoms with Crippen molar-refractivity contribution in [2.45, 2.75) is 6.92 Å². The predicted molar refractivity (Wildman–Crippen MR) is 102 cm³/mol. The lowest BCUT2D eigenvalue weighted by Gasteiger charge is -2.12. The van der Waals surface area contributed by atoms with Crippen LogP contribution in [0.4, 0.5) is 0 Å². The van der Waals surface area contributed by atoms with Crippen molar-refractivity contribution < 1.29 is 9.90 Å². The minimum absolute atomic E-state index is 0.239. The molecule has 0 fully saturated rings. The molecule has 27 heavy (non-hydrogen) atoms. The Hall–Kier alpha value is -3.68. The number of aromatic amines is 1. The first kappa shape index (κ1) is 16.8. The fourth-order valence-corrected chi connectivity index (χ4v) is 3.16. The molecule has 1 aromatic carbocycles. The number of pyridine rings is 1. The number of rotatable bonds is 3. The van der Waals surface area contributed by atoms with Crippen molar-refractivity contribution in [3.8, 4) is 17.1 Å². The average molecular weight is 363 g/mol. The Morgan fingerprint density at radius 3 is 2.89 bits per heavy atom. The van der Waals surface area contributed by atoms with Crippen LogP contribution in [0, 0.1) is 0 Å². The van der Waals surface area contributed by atoms with Gasteiger partial charge in [-0.3, -0.25) is 14.2 Å². The van der Waals surface area contributed by atoms with Crippen molar-refractivity contribution in [3.05, 3.63) is 52.6 Å². The minimum atomic E-state index is -0.626. The Kier molecular flexibility index (Phi) is 3.88. The zero-order valence-corrected chi connectivity index (χ0v) is 14.8. The second kappa shape index (κ2) is 6.24. The van der Waals surface area contributed by atoms with Gasteiger partial charge in [-0.2, -0.15) is 0 Å². The zero-order valence-electron chi connectivity index (χ0n) is 14.8. The van der Waals surface area contributed by atoms with E-state index in [9.17, 15) is 14.7 Å². The summed E-state index contributed by atoms with van der Waals surface area (Å²) in [6.07, 6.45) is 3.26. The number of aromatic hydroxyl groups is 1. The summed E-state index contributed by atoms with van der Waals surface area (Å²) in [7, 11) is 1.51. The van der Waals surface area contributed by atoms with Crippen molar-refractivity contribution in [2.24, 2.45) is 7.05 Å². The molecule has 0 spiro atoms. The van der Waals surface area contributed by atoms with Gasteiger partial charge in [0.15, 0.2) is 5.82 Å². The Balaban J connectivity index is 1.98. The van der Waals surface area contributed by atoms with Gasteiger partial charge in [0.1, 0.15) is 17.0 Å². The van der Waals surface area contributed by atoms with Crippen LogP contribution in [-0.4, -0.2) is 37.1 Å². The Bertz CT molecular complexity index is 1260. The summed E-state index contributed by atoms with van der Waals surface area (Å²) in [6, 6.07) is 7.64. The summed E-state index contributed by atoms with van der Waals surface area (Å²) in [5.74, 6) is -0.614. The van der Waals surface area contributed by atoms with Crippen LogP contribution in [0.15, 0.2) is 41.5 Å². The summed E-state index contributed by atoms with van der Waals surface area (Å²) >= 11 is 0. The molecule has 0 atom stereocenters. The molecule has 3 N–H and O–H groups in total. The van der Waals surface area contributed by atoms with E-state index < -0.39 is 17.2 Å². The van der Waals surface area contributed by atoms with Crippen molar-refractivity contribution in [1.29, 1.82) is 0 Å². The predicted octanol–water partition coefficient (Wildman–Crippen LogP) is 1.93. The van der Waals surface area contributed by atoms with Crippen LogP contribution in [-0.2, 0) is 7.05 Å². The molecular formula is C19H17N5O3. The highest BCUT2D eigenvalue weighted by atomic mass is 16.3. The molecule has 0 radical (unpaired) electrons. The lowest BCUT2D eigenvalue weighted by atomic mass is 10.1. The maximum absolute atomic E-state index is 12.6. The smallest absolute Gasteiger partial charge is 0.268 e. The van der Waals surface area contributed by atoms with Crippen molar-refractivity contribution in [1.82, 2.24) is 24.8 Å². The van der Waals surface area contributed by atoms with E-state index in [0.717, 1.165) is 16.5 Å². The third kappa shape index (κ3) is 2.53. The molecule has 8 heteroatoms. The molecule has 0 aliphatic rings. The summed E-state index contributed by atoms with van der Waals surface area (Å²) in [6.45, 7) is 2.08. The lowest BCUT2D eigenvalue weighted by Crippen LogP contribution is -2.32. The van der Waals surface area contributed by atoms with E-state index in [1.54, 1.807) is 6.92 Å². The van der Waals surface area contributed by atoms with Crippen LogP contribution in [0.3, 0.4) is 0 Å². The minimum Gasteiger partial charge on any atom is -0.506 e. The number of nitrogens with one attached hydrogen (secondary N) is 2. The zero-order chi connectivity index (χ0) is 19.1. The van der Waals surface area contributed by atoms with Gasteiger partial charge >= 0.3 is 0 Å². The molecule has 4 rings (SSSR count). The average Bonchev–Trinajstić information content (AvgIpc) is 3.15. The van der Waals surface area contributed by atoms with Gasteiger partial charge < -0.3 is 15.4 Å². The maximum atomic E-state index is 12.6. The number of fused-ring (bicyclic) bond motifs is 2. The first-order valence-corrected chi connectivity index (χ1v) is 8.46. The highest BCUT2D eigenvalue weighted by molar-refractivity contribution is 6.02. The van der Waals surface area contributed by atoms with E-state index in [-0.39, 0.29) is 16.6 Å². The molecule has 4 aromatic rings. The maximum Gasteiger partial charge on any atom is 0.268 e. The van der Waals surface area contributed by atoms with Gasteiger partial charge in [-0.05, 0) is 19.1 Å². The molecular weight excluding hydrogens is 346 g/mol. The highest BCUT2D eigenvalue weighted by Gasteiger charge is 2.22. The van der Waals surface area contributed by atoms with Crippen LogP contribution in [0.2, 0.25) is 0 Å². The number of carbonyl (C=O) groups excluding carboxylic acids is 1. The first-order valence-electron chi connectivity index (χ1n) is 8.46. The molecule has 0 aliphatic heterocycles. The third-order valence-electron chi connectivity index (χ3n) is 4.50. The number of hydrogen-bond acceptors (Lipinski definition) is 5. The molecule has 0 saturated carbocycles. The van der Waals surface area contributed by atoms with E-state index in [0.29, 0.717) is 12.4 Å². The Morgan fingerprint density at radius 1 is 1.30 bits per heavy atom. The molecule has 0 aliphatic carbocycles. The summed E-state index contributed by atoms with van der Waals surface area (Å²) in [4.78, 5) is 36.7.